The molecule has 19 heavy (non-hydrogen) atoms. The number of hydrogen-bond acceptors (Lipinski definition) is 7. The van der Waals surface area contributed by atoms with Crippen molar-refractivity contribution in [1.29, 1.82) is 0 Å². The van der Waals surface area contributed by atoms with E-state index >= 15 is 0 Å². The van der Waals surface area contributed by atoms with Crippen molar-refractivity contribution in [3.63, 3.8) is 0 Å². The van der Waals surface area contributed by atoms with Crippen LogP contribution in [0.25, 0.3) is 0 Å². The molecule has 7 heteroatoms. The van der Waals surface area contributed by atoms with Gasteiger partial charge in [-0.25, -0.2) is 0 Å². The molecule has 0 atom stereocenters. The van der Waals surface area contributed by atoms with Crippen molar-refractivity contribution < 1.29 is 18.8 Å². The monoisotopic (exact) mass is 266 g/mol. The predicted octanol–water partition coefficient (Wildman–Crippen LogP) is 1.60. The van der Waals surface area contributed by atoms with Crippen LogP contribution in [-0.4, -0.2) is 15.2 Å². The minimum Gasteiger partial charge on any atom is -0.502 e. The summed E-state index contributed by atoms with van der Waals surface area (Å²) in [5.74, 6) is 0.324. The van der Waals surface area contributed by atoms with Gasteiger partial charge < -0.3 is 14.3 Å². The Kier molecular flexibility index (Phi) is 3.28. The summed E-state index contributed by atoms with van der Waals surface area (Å²) in [5.41, 5.74) is -0.776. The molecule has 0 aromatic carbocycles. The van der Waals surface area contributed by atoms with E-state index in [1.54, 1.807) is 0 Å². The molecular weight excluding hydrogens is 252 g/mol. The third-order valence-corrected chi connectivity index (χ3v) is 2.28. The van der Waals surface area contributed by atoms with Crippen LogP contribution in [0.4, 0.5) is 0 Å². The Morgan fingerprint density at radius 1 is 1.42 bits per heavy atom. The zero-order chi connectivity index (χ0) is 14.0. The lowest BCUT2D eigenvalue weighted by Gasteiger charge is -2.10. The summed E-state index contributed by atoms with van der Waals surface area (Å²) in [7, 11) is 0. The maximum atomic E-state index is 11.2. The van der Waals surface area contributed by atoms with E-state index < -0.39 is 11.2 Å². The first-order valence-electron chi connectivity index (χ1n) is 5.64. The van der Waals surface area contributed by atoms with Gasteiger partial charge in [0.1, 0.15) is 12.0 Å². The van der Waals surface area contributed by atoms with Gasteiger partial charge in [-0.3, -0.25) is 9.32 Å². The molecule has 7 nitrogen and oxygen atoms in total. The zero-order valence-corrected chi connectivity index (χ0v) is 10.8. The normalized spacial score (nSPS) is 11.5. The van der Waals surface area contributed by atoms with Crippen LogP contribution in [0.1, 0.15) is 32.4 Å². The van der Waals surface area contributed by atoms with Gasteiger partial charge in [0, 0.05) is 11.5 Å². The van der Waals surface area contributed by atoms with Crippen LogP contribution in [0, 0.1) is 0 Å². The molecule has 2 heterocycles. The van der Waals surface area contributed by atoms with Crippen molar-refractivity contribution in [2.24, 2.45) is 0 Å². The molecule has 0 saturated heterocycles. The number of aromatic nitrogens is 2. The lowest BCUT2D eigenvalue weighted by Crippen LogP contribution is -2.13. The van der Waals surface area contributed by atoms with Crippen molar-refractivity contribution in [3.8, 4) is 11.8 Å². The number of aromatic hydroxyl groups is 1. The third-order valence-electron chi connectivity index (χ3n) is 2.28. The summed E-state index contributed by atoms with van der Waals surface area (Å²) >= 11 is 0. The largest absolute Gasteiger partial charge is 0.502 e. The van der Waals surface area contributed by atoms with E-state index in [0.29, 0.717) is 5.82 Å². The quantitative estimate of drug-likeness (QED) is 0.900. The lowest BCUT2D eigenvalue weighted by molar-refractivity contribution is 0.177. The van der Waals surface area contributed by atoms with Crippen LogP contribution in [0.5, 0.6) is 11.8 Å². The number of hydrogen-bond donors (Lipinski definition) is 1. The van der Waals surface area contributed by atoms with Crippen LogP contribution in [0.15, 0.2) is 26.1 Å². The topological polar surface area (TPSA) is 98.6 Å². The zero-order valence-electron chi connectivity index (χ0n) is 10.8. The van der Waals surface area contributed by atoms with Crippen molar-refractivity contribution in [1.82, 2.24) is 10.1 Å². The molecule has 0 unspecified atom stereocenters. The summed E-state index contributed by atoms with van der Waals surface area (Å²) in [5, 5.41) is 12.8. The maximum Gasteiger partial charge on any atom is 0.417 e. The number of ether oxygens (including phenoxy) is 1. The highest BCUT2D eigenvalue weighted by Crippen LogP contribution is 2.21. The Bertz CT molecular complexity index is 624. The van der Waals surface area contributed by atoms with Crippen molar-refractivity contribution in [2.45, 2.75) is 32.8 Å². The smallest absolute Gasteiger partial charge is 0.417 e. The van der Waals surface area contributed by atoms with Gasteiger partial charge in [0.2, 0.25) is 5.43 Å². The molecule has 0 bridgehead atoms. The summed E-state index contributed by atoms with van der Waals surface area (Å²) in [4.78, 5) is 15.2. The molecule has 2 aromatic heterocycles. The van der Waals surface area contributed by atoms with E-state index in [1.165, 1.54) is 0 Å². The predicted molar refractivity (Wildman–Crippen MR) is 64.0 cm³/mol. The van der Waals surface area contributed by atoms with E-state index in [1.807, 2.05) is 20.8 Å². The van der Waals surface area contributed by atoms with Crippen molar-refractivity contribution in [3.05, 3.63) is 34.1 Å². The van der Waals surface area contributed by atoms with Crippen LogP contribution >= 0.6 is 0 Å². The average Bonchev–Trinajstić information content (AvgIpc) is 2.79. The second kappa shape index (κ2) is 4.75. The van der Waals surface area contributed by atoms with E-state index in [4.69, 9.17) is 18.8 Å². The fraction of sp³-hybridized carbons (Fsp3) is 0.417. The summed E-state index contributed by atoms with van der Waals surface area (Å²) < 4.78 is 15.1. The summed E-state index contributed by atoms with van der Waals surface area (Å²) in [6.07, 6.45) is 0.954. The lowest BCUT2D eigenvalue weighted by atomic mass is 9.96. The Labute approximate surface area is 108 Å². The first-order valence-corrected chi connectivity index (χ1v) is 5.64. The third kappa shape index (κ3) is 3.12. The Balaban J connectivity index is 2.04. The van der Waals surface area contributed by atoms with Crippen LogP contribution in [0.2, 0.25) is 0 Å². The Morgan fingerprint density at radius 3 is 2.74 bits per heavy atom. The fourth-order valence-electron chi connectivity index (χ4n) is 1.23. The molecule has 0 aliphatic rings. The Hall–Kier alpha value is -2.31. The molecule has 0 amide bonds. The molecular formula is C12H14N2O5. The van der Waals surface area contributed by atoms with Gasteiger partial charge in [0.05, 0.1) is 0 Å². The molecule has 0 spiro atoms. The molecule has 2 aromatic rings. The molecule has 2 rings (SSSR count). The van der Waals surface area contributed by atoms with Crippen LogP contribution in [0.3, 0.4) is 0 Å². The highest BCUT2D eigenvalue weighted by Gasteiger charge is 2.21. The first-order chi connectivity index (χ1) is 8.86. The van der Waals surface area contributed by atoms with Gasteiger partial charge in [-0.15, -0.1) is 0 Å². The minimum atomic E-state index is -0.536. The minimum absolute atomic E-state index is 0.000601. The molecule has 0 radical (unpaired) electrons. The van der Waals surface area contributed by atoms with Gasteiger partial charge in [-0.05, 0) is 0 Å². The molecule has 1 N–H and O–H groups in total. The van der Waals surface area contributed by atoms with Gasteiger partial charge >= 0.3 is 6.08 Å². The van der Waals surface area contributed by atoms with E-state index in [9.17, 15) is 4.79 Å². The van der Waals surface area contributed by atoms with Crippen LogP contribution < -0.4 is 10.2 Å². The highest BCUT2D eigenvalue weighted by atomic mass is 16.6. The second-order valence-corrected chi connectivity index (χ2v) is 5.02. The molecule has 0 aliphatic heterocycles. The number of nitrogens with zero attached hydrogens (tertiary/aromatic N) is 2. The number of rotatable bonds is 3. The van der Waals surface area contributed by atoms with Crippen molar-refractivity contribution in [2.75, 3.05) is 0 Å². The Morgan fingerprint density at radius 2 is 2.16 bits per heavy atom. The van der Waals surface area contributed by atoms with E-state index in [2.05, 4.69) is 10.1 Å². The van der Waals surface area contributed by atoms with Gasteiger partial charge in [0.15, 0.2) is 18.2 Å². The van der Waals surface area contributed by atoms with E-state index in [-0.39, 0.29) is 23.9 Å². The second-order valence-electron chi connectivity index (χ2n) is 5.02. The van der Waals surface area contributed by atoms with Crippen LogP contribution in [-0.2, 0) is 12.0 Å². The summed E-state index contributed by atoms with van der Waals surface area (Å²) in [6.45, 7) is 5.79. The van der Waals surface area contributed by atoms with Gasteiger partial charge in [-0.1, -0.05) is 25.9 Å². The molecule has 102 valence electrons. The molecule has 0 aliphatic carbocycles. The van der Waals surface area contributed by atoms with E-state index in [0.717, 1.165) is 12.3 Å². The van der Waals surface area contributed by atoms with Gasteiger partial charge in [-0.2, -0.15) is 4.98 Å². The fourth-order valence-corrected chi connectivity index (χ4v) is 1.23. The van der Waals surface area contributed by atoms with Gasteiger partial charge in [0.25, 0.3) is 0 Å². The molecule has 0 saturated carbocycles. The highest BCUT2D eigenvalue weighted by molar-refractivity contribution is 5.15. The maximum absolute atomic E-state index is 11.2. The average molecular weight is 266 g/mol. The first kappa shape index (κ1) is 13.1. The SMILES string of the molecule is CC(C)(C)c1noc(OCc2cc(=O)c(O)co2)n1. The molecule has 0 fully saturated rings. The van der Waals surface area contributed by atoms with Crippen molar-refractivity contribution >= 4 is 0 Å². The standard InChI is InChI=1S/C12H14N2O5/c1-12(2,3)10-13-11(19-14-10)18-5-7-4-8(15)9(16)6-17-7/h4,6,16H,5H2,1-3H3. The summed E-state index contributed by atoms with van der Waals surface area (Å²) in [6, 6.07) is 1.14.